The van der Waals surface area contributed by atoms with E-state index in [-0.39, 0.29) is 23.3 Å². The number of carbonyl (C=O) groups excluding carboxylic acids is 2. The Labute approximate surface area is 198 Å². The van der Waals surface area contributed by atoms with Crippen LogP contribution >= 0.6 is 0 Å². The molecule has 0 bridgehead atoms. The Bertz CT molecular complexity index is 931. The van der Waals surface area contributed by atoms with Crippen molar-refractivity contribution in [3.05, 3.63) is 24.3 Å². The summed E-state index contributed by atoms with van der Waals surface area (Å²) in [6.07, 6.45) is 9.66. The van der Waals surface area contributed by atoms with E-state index in [1.165, 1.54) is 38.5 Å². The van der Waals surface area contributed by atoms with Crippen LogP contribution in [0, 0.1) is 34.5 Å². The molecule has 1 saturated heterocycles. The van der Waals surface area contributed by atoms with Crippen molar-refractivity contribution in [2.24, 2.45) is 34.5 Å². The van der Waals surface area contributed by atoms with Crippen molar-refractivity contribution in [2.45, 2.75) is 78.2 Å². The number of nitrogens with zero attached hydrogens (tertiary/aromatic N) is 1. The topological polar surface area (TPSA) is 58.6 Å². The molecule has 7 atom stereocenters. The van der Waals surface area contributed by atoms with Gasteiger partial charge in [0.2, 0.25) is 11.8 Å². The second kappa shape index (κ2) is 8.32. The molecule has 33 heavy (non-hydrogen) atoms. The van der Waals surface area contributed by atoms with Gasteiger partial charge < -0.3 is 15.0 Å². The lowest BCUT2D eigenvalue weighted by molar-refractivity contribution is -0.170. The third kappa shape index (κ3) is 3.49. The van der Waals surface area contributed by atoms with Gasteiger partial charge >= 0.3 is 0 Å². The van der Waals surface area contributed by atoms with Crippen LogP contribution in [0.4, 0.5) is 5.69 Å². The average Bonchev–Trinajstić information content (AvgIpc) is 3.21. The van der Waals surface area contributed by atoms with Crippen LogP contribution in [0.15, 0.2) is 24.3 Å². The fourth-order valence-electron chi connectivity index (χ4n) is 8.66. The van der Waals surface area contributed by atoms with Crippen molar-refractivity contribution in [1.82, 2.24) is 4.90 Å². The summed E-state index contributed by atoms with van der Waals surface area (Å²) in [5.74, 6) is 1.98. The fraction of sp³-hybridized carbons (Fsp3) is 0.714. The Hall–Kier alpha value is -2.04. The lowest BCUT2D eigenvalue weighted by atomic mass is 9.47. The molecule has 3 aliphatic carbocycles. The van der Waals surface area contributed by atoms with Crippen molar-refractivity contribution >= 4 is 17.5 Å². The van der Waals surface area contributed by atoms with Gasteiger partial charge in [-0.1, -0.05) is 32.4 Å². The highest BCUT2D eigenvalue weighted by Crippen LogP contribution is 2.65. The molecule has 4 aliphatic rings. The monoisotopic (exact) mass is 452 g/mol. The van der Waals surface area contributed by atoms with Crippen LogP contribution in [0.3, 0.4) is 0 Å². The maximum absolute atomic E-state index is 13.6. The molecule has 4 fully saturated rings. The van der Waals surface area contributed by atoms with Crippen LogP contribution in [0.25, 0.3) is 0 Å². The summed E-state index contributed by atoms with van der Waals surface area (Å²) in [5, 5.41) is 3.02. The number of rotatable bonds is 4. The minimum atomic E-state index is -0.633. The summed E-state index contributed by atoms with van der Waals surface area (Å²) in [6.45, 7) is 7.68. The molecule has 5 nitrogen and oxygen atoms in total. The van der Waals surface area contributed by atoms with E-state index in [1.807, 2.05) is 24.3 Å². The first-order valence-corrected chi connectivity index (χ1v) is 13.1. The van der Waals surface area contributed by atoms with Gasteiger partial charge in [0.25, 0.3) is 0 Å². The Morgan fingerprint density at radius 2 is 1.91 bits per heavy atom. The highest BCUT2D eigenvalue weighted by Gasteiger charge is 2.61. The first-order chi connectivity index (χ1) is 15.8. The predicted molar refractivity (Wildman–Crippen MR) is 130 cm³/mol. The molecule has 180 valence electrons. The average molecular weight is 453 g/mol. The summed E-state index contributed by atoms with van der Waals surface area (Å²) in [5.41, 5.74) is 1.15. The molecule has 0 radical (unpaired) electrons. The number of para-hydroxylation sites is 2. The first kappa shape index (κ1) is 22.7. The van der Waals surface area contributed by atoms with Crippen LogP contribution in [0.2, 0.25) is 0 Å². The van der Waals surface area contributed by atoms with E-state index in [1.54, 1.807) is 7.11 Å². The van der Waals surface area contributed by atoms with Gasteiger partial charge in [0, 0.05) is 12.6 Å². The summed E-state index contributed by atoms with van der Waals surface area (Å²) in [4.78, 5) is 29.1. The highest BCUT2D eigenvalue weighted by molar-refractivity contribution is 6.07. The summed E-state index contributed by atoms with van der Waals surface area (Å²) in [7, 11) is 1.60. The molecule has 5 heteroatoms. The lowest BCUT2D eigenvalue weighted by Crippen LogP contribution is -2.65. The van der Waals surface area contributed by atoms with Gasteiger partial charge in [0.15, 0.2) is 0 Å². The number of anilines is 1. The number of hydrogen-bond acceptors (Lipinski definition) is 3. The molecule has 1 aromatic rings. The Kier molecular flexibility index (Phi) is 5.73. The third-order valence-corrected chi connectivity index (χ3v) is 10.2. The normalized spacial score (nSPS) is 39.9. The van der Waals surface area contributed by atoms with E-state index in [4.69, 9.17) is 4.74 Å². The molecule has 0 aromatic heterocycles. The molecule has 1 aliphatic heterocycles. The fourth-order valence-corrected chi connectivity index (χ4v) is 8.66. The molecular formula is C28H40N2O3. The summed E-state index contributed by atoms with van der Waals surface area (Å²) < 4.78 is 5.42. The van der Waals surface area contributed by atoms with Crippen molar-refractivity contribution in [2.75, 3.05) is 19.0 Å². The number of carbonyl (C=O) groups is 2. The maximum atomic E-state index is 13.6. The van der Waals surface area contributed by atoms with Crippen molar-refractivity contribution in [1.29, 1.82) is 0 Å². The Morgan fingerprint density at radius 1 is 1.12 bits per heavy atom. The lowest BCUT2D eigenvalue weighted by Gasteiger charge is -2.62. The Morgan fingerprint density at radius 3 is 2.67 bits per heavy atom. The molecule has 2 amide bonds. The molecule has 1 aromatic carbocycles. The van der Waals surface area contributed by atoms with Crippen LogP contribution in [0.1, 0.15) is 72.1 Å². The quantitative estimate of drug-likeness (QED) is 0.614. The number of nitrogens with one attached hydrogen (secondary N) is 1. The van der Waals surface area contributed by atoms with Crippen molar-refractivity contribution in [3.8, 4) is 5.75 Å². The molecule has 2 unspecified atom stereocenters. The molecule has 5 rings (SSSR count). The second-order valence-corrected chi connectivity index (χ2v) is 11.6. The molecule has 3 saturated carbocycles. The number of amides is 2. The predicted octanol–water partition coefficient (Wildman–Crippen LogP) is 5.50. The first-order valence-electron chi connectivity index (χ1n) is 13.1. The SMILES string of the molecule is CCN1C(=O)C(C(=O)Nc2ccccc2OC)C[C@@]2(C)C1CC[C@@H]1[C@H]2CC[C@]2(C)CCC[C@@H]12. The number of likely N-dealkylation sites (tertiary alicyclic amines) is 1. The molecular weight excluding hydrogens is 412 g/mol. The number of ether oxygens (including phenoxy) is 1. The van der Waals surface area contributed by atoms with Crippen LogP contribution in [-0.2, 0) is 9.59 Å². The van der Waals surface area contributed by atoms with Gasteiger partial charge in [-0.2, -0.15) is 0 Å². The number of piperidine rings is 1. The highest BCUT2D eigenvalue weighted by atomic mass is 16.5. The Balaban J connectivity index is 1.44. The van der Waals surface area contributed by atoms with E-state index < -0.39 is 5.92 Å². The van der Waals surface area contributed by atoms with E-state index in [0.29, 0.717) is 35.7 Å². The van der Waals surface area contributed by atoms with Gasteiger partial charge in [-0.05, 0) is 92.6 Å². The minimum absolute atomic E-state index is 0.000459. The zero-order chi connectivity index (χ0) is 23.4. The summed E-state index contributed by atoms with van der Waals surface area (Å²) in [6, 6.07) is 7.69. The second-order valence-electron chi connectivity index (χ2n) is 11.6. The van der Waals surface area contributed by atoms with E-state index in [9.17, 15) is 9.59 Å². The van der Waals surface area contributed by atoms with Gasteiger partial charge in [0.05, 0.1) is 12.8 Å². The van der Waals surface area contributed by atoms with Crippen molar-refractivity contribution < 1.29 is 14.3 Å². The largest absolute Gasteiger partial charge is 0.495 e. The zero-order valence-corrected chi connectivity index (χ0v) is 20.7. The molecule has 1 heterocycles. The van der Waals surface area contributed by atoms with Gasteiger partial charge in [-0.15, -0.1) is 0 Å². The smallest absolute Gasteiger partial charge is 0.237 e. The van der Waals surface area contributed by atoms with E-state index in [2.05, 4.69) is 31.0 Å². The van der Waals surface area contributed by atoms with Gasteiger partial charge in [-0.3, -0.25) is 9.59 Å². The van der Waals surface area contributed by atoms with E-state index >= 15 is 0 Å². The number of methoxy groups -OCH3 is 1. The number of hydrogen-bond donors (Lipinski definition) is 1. The van der Waals surface area contributed by atoms with Gasteiger partial charge in [-0.25, -0.2) is 0 Å². The van der Waals surface area contributed by atoms with E-state index in [0.717, 1.165) is 18.3 Å². The zero-order valence-electron chi connectivity index (χ0n) is 20.7. The van der Waals surface area contributed by atoms with Crippen molar-refractivity contribution in [3.63, 3.8) is 0 Å². The standard InChI is InChI=1S/C28H40N2O3/c1-5-30-24-13-12-18-20-9-8-15-27(20,2)16-14-21(18)28(24,3)17-19(26(30)32)25(31)29-22-10-6-7-11-23(22)33-4/h6-7,10-11,18-21,24H,5,8-9,12-17H2,1-4H3,(H,29,31)/t18-,19?,20-,21+,24?,27-,28+/m0/s1. The minimum Gasteiger partial charge on any atom is -0.495 e. The molecule has 0 spiro atoms. The number of fused-ring (bicyclic) bond motifs is 5. The molecule has 1 N–H and O–H groups in total. The number of benzene rings is 1. The van der Waals surface area contributed by atoms with Gasteiger partial charge in [0.1, 0.15) is 11.7 Å². The van der Waals surface area contributed by atoms with Crippen LogP contribution < -0.4 is 10.1 Å². The summed E-state index contributed by atoms with van der Waals surface area (Å²) >= 11 is 0. The van der Waals surface area contributed by atoms with Crippen LogP contribution in [-0.4, -0.2) is 36.4 Å². The third-order valence-electron chi connectivity index (χ3n) is 10.2. The maximum Gasteiger partial charge on any atom is 0.237 e. The van der Waals surface area contributed by atoms with Crippen LogP contribution in [0.5, 0.6) is 5.75 Å².